The first-order valence-electron chi connectivity index (χ1n) is 12.7. The lowest BCUT2D eigenvalue weighted by Gasteiger charge is -2.27. The first-order valence-corrected chi connectivity index (χ1v) is 12.7. The zero-order valence-corrected chi connectivity index (χ0v) is 21.6. The van der Waals surface area contributed by atoms with Crippen molar-refractivity contribution in [2.24, 2.45) is 0 Å². The highest BCUT2D eigenvalue weighted by Gasteiger charge is 2.31. The molecule has 1 aromatic heterocycles. The topological polar surface area (TPSA) is 59.8 Å². The van der Waals surface area contributed by atoms with E-state index >= 15 is 0 Å². The van der Waals surface area contributed by atoms with Crippen molar-refractivity contribution in [2.45, 2.75) is 65.6 Å². The number of likely N-dealkylation sites (tertiary alicyclic amines) is 1. The van der Waals surface area contributed by atoms with Crippen molar-refractivity contribution in [1.82, 2.24) is 14.7 Å². The Morgan fingerprint density at radius 3 is 2.60 bits per heavy atom. The molecular formula is C29H39N3O3. The second kappa shape index (κ2) is 11.3. The molecule has 2 aromatic carbocycles. The first-order chi connectivity index (χ1) is 16.8. The number of hydrogen-bond acceptors (Lipinski definition) is 5. The summed E-state index contributed by atoms with van der Waals surface area (Å²) >= 11 is 0. The fourth-order valence-corrected chi connectivity index (χ4v) is 4.85. The number of rotatable bonds is 9. The maximum absolute atomic E-state index is 11.2. The van der Waals surface area contributed by atoms with E-state index in [4.69, 9.17) is 9.47 Å². The van der Waals surface area contributed by atoms with Crippen molar-refractivity contribution in [1.29, 1.82) is 0 Å². The third-order valence-corrected chi connectivity index (χ3v) is 6.82. The van der Waals surface area contributed by atoms with Gasteiger partial charge in [0.25, 0.3) is 0 Å². The summed E-state index contributed by atoms with van der Waals surface area (Å²) in [6.07, 6.45) is 2.41. The summed E-state index contributed by atoms with van der Waals surface area (Å²) in [6.45, 7) is 12.5. The quantitative estimate of drug-likeness (QED) is 0.470. The van der Waals surface area contributed by atoms with Crippen LogP contribution in [0.4, 0.5) is 0 Å². The van der Waals surface area contributed by atoms with Gasteiger partial charge in [-0.1, -0.05) is 29.8 Å². The van der Waals surface area contributed by atoms with E-state index in [0.717, 1.165) is 67.5 Å². The Kier molecular flexibility index (Phi) is 8.14. The summed E-state index contributed by atoms with van der Waals surface area (Å²) in [5, 5.41) is 15.7. The molecule has 4 rings (SSSR count). The molecule has 1 atom stereocenters. The van der Waals surface area contributed by atoms with Crippen molar-refractivity contribution >= 4 is 0 Å². The van der Waals surface area contributed by atoms with Crippen molar-refractivity contribution in [3.8, 4) is 11.5 Å². The minimum absolute atomic E-state index is 0.337. The van der Waals surface area contributed by atoms with Gasteiger partial charge in [-0.05, 0) is 88.9 Å². The molecule has 6 heteroatoms. The molecule has 6 nitrogen and oxygen atoms in total. The molecule has 1 aliphatic heterocycles. The minimum Gasteiger partial charge on any atom is -0.492 e. The van der Waals surface area contributed by atoms with Crippen molar-refractivity contribution in [2.75, 3.05) is 26.3 Å². The van der Waals surface area contributed by atoms with Crippen LogP contribution in [0.5, 0.6) is 11.5 Å². The Balaban J connectivity index is 1.27. The third kappa shape index (κ3) is 7.09. The Hall–Kier alpha value is -2.83. The van der Waals surface area contributed by atoms with Gasteiger partial charge in [0, 0.05) is 18.8 Å². The van der Waals surface area contributed by atoms with Crippen molar-refractivity contribution in [3.63, 3.8) is 0 Å². The van der Waals surface area contributed by atoms with Gasteiger partial charge < -0.3 is 14.6 Å². The van der Waals surface area contributed by atoms with Crippen LogP contribution in [0.3, 0.4) is 0 Å². The molecule has 1 fully saturated rings. The second-order valence-corrected chi connectivity index (χ2v) is 10.1. The van der Waals surface area contributed by atoms with Gasteiger partial charge in [-0.15, -0.1) is 0 Å². The van der Waals surface area contributed by atoms with Gasteiger partial charge in [-0.2, -0.15) is 5.10 Å². The minimum atomic E-state index is -0.792. The van der Waals surface area contributed by atoms with Crippen LogP contribution in [-0.4, -0.2) is 51.7 Å². The number of nitrogens with zero attached hydrogens (tertiary/aromatic N) is 3. The van der Waals surface area contributed by atoms with E-state index in [0.29, 0.717) is 19.6 Å². The van der Waals surface area contributed by atoms with Gasteiger partial charge in [0.1, 0.15) is 24.7 Å². The Labute approximate surface area is 209 Å². The average molecular weight is 478 g/mol. The molecule has 35 heavy (non-hydrogen) atoms. The predicted molar refractivity (Wildman–Crippen MR) is 139 cm³/mol. The summed E-state index contributed by atoms with van der Waals surface area (Å²) in [4.78, 5) is 2.42. The van der Waals surface area contributed by atoms with Crippen LogP contribution in [0.15, 0.2) is 48.5 Å². The molecule has 1 N–H and O–H groups in total. The van der Waals surface area contributed by atoms with Crippen molar-refractivity contribution in [3.05, 3.63) is 76.6 Å². The summed E-state index contributed by atoms with van der Waals surface area (Å²) in [5.41, 5.74) is 4.95. The molecule has 0 radical (unpaired) electrons. The van der Waals surface area contributed by atoms with Gasteiger partial charge in [-0.25, -0.2) is 0 Å². The standard InChI is InChI=1S/C29H39N3O3/c1-22-9-10-28(23(2)17-22)35-21-29(33)11-6-13-31(14-12-29)20-26-7-5-8-27(19-26)34-16-15-32-25(4)18-24(3)30-32/h5,7-10,17-19,33H,6,11-16,20-21H2,1-4H3/t29-/m0/s1. The molecule has 0 unspecified atom stereocenters. The number of aryl methyl sites for hydroxylation is 4. The lowest BCUT2D eigenvalue weighted by Crippen LogP contribution is -2.37. The maximum Gasteiger partial charge on any atom is 0.122 e. The van der Waals surface area contributed by atoms with Gasteiger partial charge in [-0.3, -0.25) is 9.58 Å². The summed E-state index contributed by atoms with van der Waals surface area (Å²) in [5.74, 6) is 1.75. The van der Waals surface area contributed by atoms with E-state index in [1.54, 1.807) is 0 Å². The van der Waals surface area contributed by atoms with Gasteiger partial charge >= 0.3 is 0 Å². The van der Waals surface area contributed by atoms with Gasteiger partial charge in [0.15, 0.2) is 0 Å². The molecule has 0 saturated carbocycles. The SMILES string of the molecule is Cc1ccc(OC[C@]2(O)CCCN(Cc3cccc(OCCn4nc(C)cc4C)c3)CC2)c(C)c1. The predicted octanol–water partition coefficient (Wildman–Crippen LogP) is 4.99. The fraction of sp³-hybridized carbons (Fsp3) is 0.483. The van der Waals surface area contributed by atoms with E-state index in [1.165, 1.54) is 11.1 Å². The zero-order valence-electron chi connectivity index (χ0n) is 21.6. The Bertz CT molecular complexity index is 1130. The third-order valence-electron chi connectivity index (χ3n) is 6.82. The molecule has 1 aliphatic rings. The smallest absolute Gasteiger partial charge is 0.122 e. The van der Waals surface area contributed by atoms with E-state index in [1.807, 2.05) is 23.7 Å². The lowest BCUT2D eigenvalue weighted by molar-refractivity contribution is -0.0170. The van der Waals surface area contributed by atoms with Crippen LogP contribution in [0.25, 0.3) is 0 Å². The summed E-state index contributed by atoms with van der Waals surface area (Å²) in [7, 11) is 0. The Morgan fingerprint density at radius 2 is 1.83 bits per heavy atom. The van der Waals surface area contributed by atoms with Crippen LogP contribution in [0.1, 0.15) is 47.3 Å². The van der Waals surface area contributed by atoms with E-state index in [2.05, 4.69) is 67.2 Å². The number of benzene rings is 2. The van der Waals surface area contributed by atoms with E-state index < -0.39 is 5.60 Å². The normalized spacial score (nSPS) is 18.9. The summed E-state index contributed by atoms with van der Waals surface area (Å²) < 4.78 is 14.1. The monoisotopic (exact) mass is 477 g/mol. The molecule has 0 aliphatic carbocycles. The zero-order chi connectivity index (χ0) is 24.8. The molecule has 0 spiro atoms. The number of aromatic nitrogens is 2. The molecule has 1 saturated heterocycles. The molecule has 0 amide bonds. The highest BCUT2D eigenvalue weighted by Crippen LogP contribution is 2.27. The molecule has 2 heterocycles. The van der Waals surface area contributed by atoms with Crippen molar-refractivity contribution < 1.29 is 14.6 Å². The van der Waals surface area contributed by atoms with E-state index in [-0.39, 0.29) is 0 Å². The fourth-order valence-electron chi connectivity index (χ4n) is 4.85. The maximum atomic E-state index is 11.2. The average Bonchev–Trinajstić information content (AvgIpc) is 3.02. The van der Waals surface area contributed by atoms with Gasteiger partial charge in [0.05, 0.1) is 17.8 Å². The first kappa shape index (κ1) is 25.3. The van der Waals surface area contributed by atoms with Gasteiger partial charge in [0.2, 0.25) is 0 Å². The molecule has 3 aromatic rings. The number of ether oxygens (including phenoxy) is 2. The molecular weight excluding hydrogens is 438 g/mol. The van der Waals surface area contributed by atoms with Crippen LogP contribution in [0.2, 0.25) is 0 Å². The summed E-state index contributed by atoms with van der Waals surface area (Å²) in [6, 6.07) is 16.6. The van der Waals surface area contributed by atoms with Crippen LogP contribution >= 0.6 is 0 Å². The largest absolute Gasteiger partial charge is 0.492 e. The highest BCUT2D eigenvalue weighted by molar-refractivity contribution is 5.35. The Morgan fingerprint density at radius 1 is 0.971 bits per heavy atom. The highest BCUT2D eigenvalue weighted by atomic mass is 16.5. The van der Waals surface area contributed by atoms with E-state index in [9.17, 15) is 5.11 Å². The molecule has 188 valence electrons. The van der Waals surface area contributed by atoms with Crippen LogP contribution < -0.4 is 9.47 Å². The molecule has 0 bridgehead atoms. The number of aliphatic hydroxyl groups is 1. The second-order valence-electron chi connectivity index (χ2n) is 10.1. The number of hydrogen-bond donors (Lipinski definition) is 1. The van der Waals surface area contributed by atoms with Crippen LogP contribution in [-0.2, 0) is 13.1 Å². The van der Waals surface area contributed by atoms with Crippen LogP contribution in [0, 0.1) is 27.7 Å². The lowest BCUT2D eigenvalue weighted by atomic mass is 9.96.